The standard InChI is InChI=1S/C31H35F3N6O4S/c1-29(2,3)44-28(42)39-15-13-30(17-20(30)18-39)37-25-10-6-9-23-26(45-31(32,33)34)21(38-40(23)25)8-7-14-36-22-16-19(27(41)35-4)11-12-24(22)43-5/h6,9-12,16,20,36-37H,13-15,17-18H2,1-5H3,(H,35,41). The predicted molar refractivity (Wildman–Crippen MR) is 166 cm³/mol. The van der Waals surface area contributed by atoms with Crippen molar-refractivity contribution in [3.63, 3.8) is 0 Å². The molecule has 5 rings (SSSR count). The maximum absolute atomic E-state index is 13.7. The number of amides is 2. The molecule has 240 valence electrons. The molecular formula is C31H35F3N6O4S. The van der Waals surface area contributed by atoms with E-state index in [1.165, 1.54) is 18.7 Å². The average molecular weight is 645 g/mol. The molecule has 1 aliphatic carbocycles. The zero-order chi connectivity index (χ0) is 32.6. The Bertz CT molecular complexity index is 1680. The molecular weight excluding hydrogens is 609 g/mol. The van der Waals surface area contributed by atoms with Gasteiger partial charge in [0.05, 0.1) is 29.8 Å². The van der Waals surface area contributed by atoms with Gasteiger partial charge < -0.3 is 30.3 Å². The van der Waals surface area contributed by atoms with Crippen molar-refractivity contribution in [2.45, 2.75) is 55.2 Å². The molecule has 2 atom stereocenters. The third-order valence-electron chi connectivity index (χ3n) is 7.62. The smallest absolute Gasteiger partial charge is 0.446 e. The normalized spacial score (nSPS) is 19.2. The molecule has 1 aliphatic heterocycles. The van der Waals surface area contributed by atoms with E-state index in [2.05, 4.69) is 32.9 Å². The SMILES string of the molecule is CNC(=O)c1ccc(OC)c(NCC#Cc2nn3c(NC45CCN(C(=O)OC(C)(C)C)CC4C5)cccc3c2SC(F)(F)F)c1. The number of aromatic nitrogens is 2. The first kappa shape index (κ1) is 32.2. The van der Waals surface area contributed by atoms with Gasteiger partial charge in [-0.25, -0.2) is 9.31 Å². The Labute approximate surface area is 263 Å². The van der Waals surface area contributed by atoms with Crippen LogP contribution >= 0.6 is 11.8 Å². The number of nitrogens with zero attached hydrogens (tertiary/aromatic N) is 3. The minimum absolute atomic E-state index is 0.0101. The van der Waals surface area contributed by atoms with Gasteiger partial charge in [0.15, 0.2) is 0 Å². The highest BCUT2D eigenvalue weighted by atomic mass is 32.2. The van der Waals surface area contributed by atoms with Crippen LogP contribution in [0.5, 0.6) is 5.75 Å². The lowest BCUT2D eigenvalue weighted by Crippen LogP contribution is -2.45. The maximum Gasteiger partial charge on any atom is 0.446 e. The van der Waals surface area contributed by atoms with Crippen LogP contribution in [0.1, 0.15) is 49.7 Å². The lowest BCUT2D eigenvalue weighted by atomic mass is 10.0. The molecule has 3 heterocycles. The number of thioether (sulfide) groups is 1. The molecule has 0 radical (unpaired) electrons. The monoisotopic (exact) mass is 644 g/mol. The van der Waals surface area contributed by atoms with E-state index in [0.29, 0.717) is 42.3 Å². The number of benzene rings is 1. The number of hydrogen-bond donors (Lipinski definition) is 3. The number of methoxy groups -OCH3 is 1. The number of piperidine rings is 1. The third kappa shape index (κ3) is 7.36. The molecule has 2 amide bonds. The molecule has 45 heavy (non-hydrogen) atoms. The fraction of sp³-hybridized carbons (Fsp3) is 0.452. The molecule has 10 nitrogen and oxygen atoms in total. The number of carbonyl (C=O) groups excluding carboxylic acids is 2. The summed E-state index contributed by atoms with van der Waals surface area (Å²) < 4.78 is 53.3. The average Bonchev–Trinajstić information content (AvgIpc) is 3.59. The Hall–Kier alpha value is -4.25. The Balaban J connectivity index is 1.36. The Morgan fingerprint density at radius 2 is 1.98 bits per heavy atom. The molecule has 1 aromatic carbocycles. The lowest BCUT2D eigenvalue weighted by molar-refractivity contribution is -0.0328. The second-order valence-corrected chi connectivity index (χ2v) is 13.0. The van der Waals surface area contributed by atoms with Crippen LogP contribution in [-0.2, 0) is 4.74 Å². The lowest BCUT2D eigenvalue weighted by Gasteiger charge is -2.34. The van der Waals surface area contributed by atoms with Gasteiger partial charge in [0.1, 0.15) is 22.9 Å². The van der Waals surface area contributed by atoms with Gasteiger partial charge in [-0.3, -0.25) is 4.79 Å². The Morgan fingerprint density at radius 1 is 1.20 bits per heavy atom. The molecule has 1 saturated heterocycles. The fourth-order valence-electron chi connectivity index (χ4n) is 5.42. The van der Waals surface area contributed by atoms with Gasteiger partial charge in [-0.05, 0) is 81.6 Å². The van der Waals surface area contributed by atoms with E-state index in [1.54, 1.807) is 41.3 Å². The van der Waals surface area contributed by atoms with Crippen LogP contribution in [-0.4, -0.2) is 77.0 Å². The number of nitrogens with one attached hydrogen (secondary N) is 3. The number of fused-ring (bicyclic) bond motifs is 2. The van der Waals surface area contributed by atoms with Crippen molar-refractivity contribution < 1.29 is 32.2 Å². The summed E-state index contributed by atoms with van der Waals surface area (Å²) in [7, 11) is 3.01. The summed E-state index contributed by atoms with van der Waals surface area (Å²) in [5.74, 6) is 6.59. The minimum atomic E-state index is -4.55. The van der Waals surface area contributed by atoms with Crippen molar-refractivity contribution in [3.05, 3.63) is 47.7 Å². The highest BCUT2D eigenvalue weighted by molar-refractivity contribution is 8.00. The first-order valence-corrected chi connectivity index (χ1v) is 15.2. The molecule has 14 heteroatoms. The van der Waals surface area contributed by atoms with E-state index < -0.39 is 11.1 Å². The highest BCUT2D eigenvalue weighted by Crippen LogP contribution is 2.52. The summed E-state index contributed by atoms with van der Waals surface area (Å²) in [6.07, 6.45) is 1.14. The van der Waals surface area contributed by atoms with Gasteiger partial charge in [0.2, 0.25) is 0 Å². The predicted octanol–water partition coefficient (Wildman–Crippen LogP) is 5.59. The summed E-state index contributed by atoms with van der Waals surface area (Å²) in [6.45, 7) is 6.58. The zero-order valence-electron chi connectivity index (χ0n) is 25.6. The molecule has 0 bridgehead atoms. The quantitative estimate of drug-likeness (QED) is 0.226. The van der Waals surface area contributed by atoms with Crippen molar-refractivity contribution in [3.8, 4) is 17.6 Å². The number of pyridine rings is 1. The maximum atomic E-state index is 13.7. The molecule has 2 unspecified atom stereocenters. The number of halogens is 3. The second kappa shape index (κ2) is 12.3. The van der Waals surface area contributed by atoms with Crippen LogP contribution in [0.2, 0.25) is 0 Å². The fourth-order valence-corrected chi connectivity index (χ4v) is 6.10. The van der Waals surface area contributed by atoms with Crippen LogP contribution in [0.3, 0.4) is 0 Å². The van der Waals surface area contributed by atoms with Gasteiger partial charge >= 0.3 is 11.6 Å². The highest BCUT2D eigenvalue weighted by Gasteiger charge is 2.58. The largest absolute Gasteiger partial charge is 0.495 e. The van der Waals surface area contributed by atoms with E-state index in [1.807, 2.05) is 20.8 Å². The van der Waals surface area contributed by atoms with Gasteiger partial charge in [-0.1, -0.05) is 12.0 Å². The van der Waals surface area contributed by atoms with Gasteiger partial charge in [0.25, 0.3) is 5.91 Å². The van der Waals surface area contributed by atoms with E-state index in [4.69, 9.17) is 9.47 Å². The Kier molecular flexibility index (Phi) is 8.77. The number of likely N-dealkylation sites (tertiary alicyclic amines) is 1. The molecule has 2 aliphatic rings. The first-order chi connectivity index (χ1) is 21.2. The zero-order valence-corrected chi connectivity index (χ0v) is 26.4. The number of alkyl halides is 3. The van der Waals surface area contributed by atoms with Gasteiger partial charge in [-0.15, -0.1) is 0 Å². The van der Waals surface area contributed by atoms with Crippen LogP contribution in [0, 0.1) is 17.8 Å². The molecule has 2 fully saturated rings. The van der Waals surface area contributed by atoms with Crippen LogP contribution in [0.4, 0.5) is 29.5 Å². The van der Waals surface area contributed by atoms with Crippen molar-refractivity contribution in [2.75, 3.05) is 44.4 Å². The minimum Gasteiger partial charge on any atom is -0.495 e. The van der Waals surface area contributed by atoms with Crippen molar-refractivity contribution in [2.24, 2.45) is 5.92 Å². The van der Waals surface area contributed by atoms with Crippen molar-refractivity contribution in [1.82, 2.24) is 19.8 Å². The van der Waals surface area contributed by atoms with Crippen LogP contribution in [0.15, 0.2) is 41.3 Å². The number of ether oxygens (including phenoxy) is 2. The number of rotatable bonds is 7. The molecule has 3 aromatic rings. The van der Waals surface area contributed by atoms with Gasteiger partial charge in [-0.2, -0.15) is 18.3 Å². The van der Waals surface area contributed by atoms with E-state index in [0.717, 1.165) is 6.42 Å². The molecule has 3 N–H and O–H groups in total. The summed E-state index contributed by atoms with van der Waals surface area (Å²) in [6, 6.07) is 9.91. The summed E-state index contributed by atoms with van der Waals surface area (Å²) in [4.78, 5) is 26.2. The summed E-state index contributed by atoms with van der Waals surface area (Å²) in [5, 5.41) is 13.6. The van der Waals surface area contributed by atoms with E-state index in [-0.39, 0.29) is 57.9 Å². The van der Waals surface area contributed by atoms with Crippen LogP contribution in [0.25, 0.3) is 5.52 Å². The molecule has 1 saturated carbocycles. The number of hydrogen-bond acceptors (Lipinski definition) is 8. The van der Waals surface area contributed by atoms with Crippen molar-refractivity contribution >= 4 is 40.8 Å². The van der Waals surface area contributed by atoms with E-state index >= 15 is 0 Å². The topological polar surface area (TPSA) is 109 Å². The summed E-state index contributed by atoms with van der Waals surface area (Å²) in [5.41, 5.74) is -4.24. The van der Waals surface area contributed by atoms with Crippen molar-refractivity contribution in [1.29, 1.82) is 0 Å². The first-order valence-electron chi connectivity index (χ1n) is 14.4. The van der Waals surface area contributed by atoms with Crippen LogP contribution < -0.4 is 20.7 Å². The summed E-state index contributed by atoms with van der Waals surface area (Å²) >= 11 is -0.253. The molecule has 0 spiro atoms. The molecule has 2 aromatic heterocycles. The third-order valence-corrected chi connectivity index (χ3v) is 8.46. The number of anilines is 2. The van der Waals surface area contributed by atoms with Gasteiger partial charge in [0, 0.05) is 37.2 Å². The van der Waals surface area contributed by atoms with E-state index in [9.17, 15) is 22.8 Å². The Morgan fingerprint density at radius 3 is 2.64 bits per heavy atom. The second-order valence-electron chi connectivity index (χ2n) is 11.9. The number of carbonyl (C=O) groups is 2.